The largest absolute Gasteiger partial charge is 0.379 e. The number of nitrogens with zero attached hydrogens (tertiary/aromatic N) is 3. The van der Waals surface area contributed by atoms with Gasteiger partial charge in [0.25, 0.3) is 0 Å². The molecule has 7 nitrogen and oxygen atoms in total. The Labute approximate surface area is 145 Å². The van der Waals surface area contributed by atoms with Crippen LogP contribution in [-0.2, 0) is 14.2 Å². The van der Waals surface area contributed by atoms with E-state index in [4.69, 9.17) is 24.9 Å². The molecule has 24 heavy (non-hydrogen) atoms. The SMILES string of the molecule is CCOC1CC(CN=C(N)N2CCOC(C)C2)(N2CCOCC2)C1. The van der Waals surface area contributed by atoms with E-state index < -0.39 is 0 Å². The molecule has 138 valence electrons. The minimum atomic E-state index is 0.0894. The summed E-state index contributed by atoms with van der Waals surface area (Å²) in [7, 11) is 0. The molecule has 1 aliphatic carbocycles. The summed E-state index contributed by atoms with van der Waals surface area (Å²) in [6.45, 7) is 11.6. The highest BCUT2D eigenvalue weighted by Gasteiger charge is 2.49. The van der Waals surface area contributed by atoms with E-state index in [1.807, 2.05) is 0 Å². The lowest BCUT2D eigenvalue weighted by molar-refractivity contribution is -0.122. The lowest BCUT2D eigenvalue weighted by atomic mass is 9.72. The molecule has 0 aromatic carbocycles. The minimum Gasteiger partial charge on any atom is -0.379 e. The van der Waals surface area contributed by atoms with Gasteiger partial charge in [0.05, 0.1) is 38.6 Å². The summed E-state index contributed by atoms with van der Waals surface area (Å²) in [6.07, 6.45) is 2.65. The molecular formula is C17H32N4O3. The van der Waals surface area contributed by atoms with Gasteiger partial charge in [0.2, 0.25) is 0 Å². The Morgan fingerprint density at radius 3 is 2.67 bits per heavy atom. The average Bonchev–Trinajstić information content (AvgIpc) is 2.57. The number of hydrogen-bond donors (Lipinski definition) is 1. The van der Waals surface area contributed by atoms with E-state index in [0.29, 0.717) is 12.1 Å². The summed E-state index contributed by atoms with van der Waals surface area (Å²) in [4.78, 5) is 9.44. The summed E-state index contributed by atoms with van der Waals surface area (Å²) < 4.78 is 16.9. The average molecular weight is 340 g/mol. The first-order valence-electron chi connectivity index (χ1n) is 9.24. The Morgan fingerprint density at radius 1 is 1.25 bits per heavy atom. The van der Waals surface area contributed by atoms with Gasteiger partial charge in [-0.2, -0.15) is 0 Å². The highest BCUT2D eigenvalue weighted by molar-refractivity contribution is 5.78. The Kier molecular flexibility index (Phi) is 5.97. The molecule has 0 amide bonds. The second kappa shape index (κ2) is 7.99. The molecule has 3 fully saturated rings. The van der Waals surface area contributed by atoms with Gasteiger partial charge in [0, 0.05) is 38.3 Å². The number of rotatable bonds is 5. The molecule has 1 atom stereocenters. The molecule has 1 saturated carbocycles. The molecule has 1 unspecified atom stereocenters. The Hall–Kier alpha value is -0.890. The normalized spacial score (nSPS) is 35.8. The van der Waals surface area contributed by atoms with E-state index in [-0.39, 0.29) is 11.6 Å². The highest BCUT2D eigenvalue weighted by Crippen LogP contribution is 2.40. The van der Waals surface area contributed by atoms with E-state index in [2.05, 4.69) is 23.6 Å². The van der Waals surface area contributed by atoms with E-state index in [9.17, 15) is 0 Å². The van der Waals surface area contributed by atoms with Crippen LogP contribution in [0.1, 0.15) is 26.7 Å². The van der Waals surface area contributed by atoms with Gasteiger partial charge in [-0.15, -0.1) is 0 Å². The van der Waals surface area contributed by atoms with Gasteiger partial charge in [-0.1, -0.05) is 0 Å². The number of nitrogens with two attached hydrogens (primary N) is 1. The molecule has 0 aromatic rings. The highest BCUT2D eigenvalue weighted by atomic mass is 16.5. The van der Waals surface area contributed by atoms with Gasteiger partial charge < -0.3 is 24.8 Å². The molecule has 2 N–H and O–H groups in total. The quantitative estimate of drug-likeness (QED) is 0.573. The second-order valence-electron chi connectivity index (χ2n) is 7.11. The zero-order valence-corrected chi connectivity index (χ0v) is 15.1. The van der Waals surface area contributed by atoms with Crippen molar-refractivity contribution in [2.75, 3.05) is 59.2 Å². The predicted octanol–water partition coefficient (Wildman–Crippen LogP) is 0.292. The molecule has 2 saturated heterocycles. The standard InChI is InChI=1S/C17H32N4O3/c1-3-23-15-10-17(11-15,21-5-7-22-8-6-21)13-19-16(18)20-4-9-24-14(2)12-20/h14-15H,3-13H2,1-2H3,(H2,18,19). The van der Waals surface area contributed by atoms with Crippen LogP contribution in [0.15, 0.2) is 4.99 Å². The third-order valence-corrected chi connectivity index (χ3v) is 5.40. The topological polar surface area (TPSA) is 72.5 Å². The number of guanidine groups is 1. The van der Waals surface area contributed by atoms with Gasteiger partial charge in [-0.25, -0.2) is 0 Å². The van der Waals surface area contributed by atoms with E-state index in [1.165, 1.54) is 0 Å². The third-order valence-electron chi connectivity index (χ3n) is 5.40. The smallest absolute Gasteiger partial charge is 0.191 e. The summed E-state index contributed by atoms with van der Waals surface area (Å²) >= 11 is 0. The molecule has 3 rings (SSSR count). The Morgan fingerprint density at radius 2 is 2.00 bits per heavy atom. The van der Waals surface area contributed by atoms with Crippen LogP contribution in [0.25, 0.3) is 0 Å². The van der Waals surface area contributed by atoms with Gasteiger partial charge in [-0.05, 0) is 26.7 Å². The van der Waals surface area contributed by atoms with Crippen molar-refractivity contribution < 1.29 is 14.2 Å². The third kappa shape index (κ3) is 4.02. The van der Waals surface area contributed by atoms with Gasteiger partial charge in [0.15, 0.2) is 5.96 Å². The van der Waals surface area contributed by atoms with Crippen molar-refractivity contribution in [3.63, 3.8) is 0 Å². The van der Waals surface area contributed by atoms with Crippen molar-refractivity contribution in [1.29, 1.82) is 0 Å². The fourth-order valence-corrected chi connectivity index (χ4v) is 4.02. The zero-order valence-electron chi connectivity index (χ0n) is 15.1. The molecule has 2 heterocycles. The molecule has 3 aliphatic rings. The van der Waals surface area contributed by atoms with Crippen molar-refractivity contribution in [1.82, 2.24) is 9.80 Å². The Bertz CT molecular complexity index is 434. The maximum atomic E-state index is 6.27. The lowest BCUT2D eigenvalue weighted by Crippen LogP contribution is -2.64. The maximum Gasteiger partial charge on any atom is 0.191 e. The molecule has 0 bridgehead atoms. The maximum absolute atomic E-state index is 6.27. The number of ether oxygens (including phenoxy) is 3. The fourth-order valence-electron chi connectivity index (χ4n) is 4.02. The van der Waals surface area contributed by atoms with E-state index in [1.54, 1.807) is 0 Å². The van der Waals surface area contributed by atoms with Crippen LogP contribution >= 0.6 is 0 Å². The van der Waals surface area contributed by atoms with E-state index in [0.717, 1.165) is 72.0 Å². The first kappa shape index (κ1) is 17.9. The molecule has 7 heteroatoms. The van der Waals surface area contributed by atoms with Crippen LogP contribution in [0.4, 0.5) is 0 Å². The van der Waals surface area contributed by atoms with Crippen LogP contribution in [0.2, 0.25) is 0 Å². The van der Waals surface area contributed by atoms with Crippen molar-refractivity contribution >= 4 is 5.96 Å². The van der Waals surface area contributed by atoms with Crippen molar-refractivity contribution in [3.8, 4) is 0 Å². The number of aliphatic imine (C=N–C) groups is 1. The van der Waals surface area contributed by atoms with Crippen molar-refractivity contribution in [3.05, 3.63) is 0 Å². The summed E-state index contributed by atoms with van der Waals surface area (Å²) in [6, 6.07) is 0. The zero-order chi connectivity index (χ0) is 17.0. The number of morpholine rings is 2. The van der Waals surface area contributed by atoms with Crippen molar-refractivity contribution in [2.24, 2.45) is 10.7 Å². The summed E-state index contributed by atoms with van der Waals surface area (Å²) in [5.74, 6) is 0.651. The van der Waals surface area contributed by atoms with Crippen molar-refractivity contribution in [2.45, 2.75) is 44.4 Å². The monoisotopic (exact) mass is 340 g/mol. The van der Waals surface area contributed by atoms with Gasteiger partial charge >= 0.3 is 0 Å². The van der Waals surface area contributed by atoms with Crippen LogP contribution in [0.5, 0.6) is 0 Å². The van der Waals surface area contributed by atoms with Gasteiger partial charge in [0.1, 0.15) is 0 Å². The first-order chi connectivity index (χ1) is 11.6. The summed E-state index contributed by atoms with van der Waals surface area (Å²) in [5, 5.41) is 0. The lowest BCUT2D eigenvalue weighted by Gasteiger charge is -2.54. The first-order valence-corrected chi connectivity index (χ1v) is 9.24. The van der Waals surface area contributed by atoms with Crippen LogP contribution in [0.3, 0.4) is 0 Å². The molecule has 0 spiro atoms. The number of hydrogen-bond acceptors (Lipinski definition) is 5. The molecule has 0 aromatic heterocycles. The second-order valence-corrected chi connectivity index (χ2v) is 7.11. The fraction of sp³-hybridized carbons (Fsp3) is 0.941. The van der Waals surface area contributed by atoms with Crippen LogP contribution < -0.4 is 5.73 Å². The molecular weight excluding hydrogens is 308 g/mol. The minimum absolute atomic E-state index is 0.0894. The molecule has 2 aliphatic heterocycles. The molecule has 0 radical (unpaired) electrons. The van der Waals surface area contributed by atoms with Gasteiger partial charge in [-0.3, -0.25) is 9.89 Å². The van der Waals surface area contributed by atoms with E-state index >= 15 is 0 Å². The van der Waals surface area contributed by atoms with Crippen LogP contribution in [-0.4, -0.2) is 92.7 Å². The van der Waals surface area contributed by atoms with Crippen LogP contribution in [0, 0.1) is 0 Å². The predicted molar refractivity (Wildman–Crippen MR) is 93.2 cm³/mol. The Balaban J connectivity index is 1.62. The summed E-state index contributed by atoms with van der Waals surface area (Å²) in [5.41, 5.74) is 6.35.